The molecule has 1 aromatic heterocycles. The Bertz CT molecular complexity index is 703. The molecule has 0 radical (unpaired) electrons. The Hall–Kier alpha value is -2.56. The molecule has 1 atom stereocenters. The number of hydrogen-bond donors (Lipinski definition) is 1. The molecule has 0 bridgehead atoms. The van der Waals surface area contributed by atoms with Gasteiger partial charge < -0.3 is 14.5 Å². The average molecular weight is 301 g/mol. The summed E-state index contributed by atoms with van der Waals surface area (Å²) in [7, 11) is 1.61. The third kappa shape index (κ3) is 3.75. The summed E-state index contributed by atoms with van der Waals surface area (Å²) in [6.45, 7) is 3.91. The van der Waals surface area contributed by atoms with E-state index in [1.54, 1.807) is 20.1 Å². The molecule has 0 aliphatic carbocycles. The molecule has 1 aromatic carbocycles. The Balaban J connectivity index is 1.99. The lowest BCUT2D eigenvalue weighted by Crippen LogP contribution is -2.21. The minimum atomic E-state index is -0.610. The largest absolute Gasteiger partial charge is 0.497 e. The van der Waals surface area contributed by atoms with E-state index in [0.717, 1.165) is 11.3 Å². The zero-order chi connectivity index (χ0) is 16.1. The summed E-state index contributed by atoms with van der Waals surface area (Å²) in [5.74, 6) is 0.195. The highest BCUT2D eigenvalue weighted by atomic mass is 16.5. The fraction of sp³-hybridized carbons (Fsp3) is 0.294. The zero-order valence-electron chi connectivity index (χ0n) is 12.9. The molecule has 5 heteroatoms. The Labute approximate surface area is 128 Å². The number of ether oxygens (including phenoxy) is 2. The van der Waals surface area contributed by atoms with Crippen molar-refractivity contribution in [1.82, 2.24) is 4.98 Å². The summed E-state index contributed by atoms with van der Waals surface area (Å²) in [5, 5.41) is 0. The number of H-pyrrole nitrogens is 1. The Kier molecular flexibility index (Phi) is 4.99. The lowest BCUT2D eigenvalue weighted by atomic mass is 10.0. The van der Waals surface area contributed by atoms with Crippen LogP contribution in [0.5, 0.6) is 5.75 Å². The molecule has 0 saturated heterocycles. The van der Waals surface area contributed by atoms with Crippen molar-refractivity contribution in [2.24, 2.45) is 0 Å². The van der Waals surface area contributed by atoms with Crippen molar-refractivity contribution in [2.75, 3.05) is 13.7 Å². The molecule has 0 fully saturated rings. The van der Waals surface area contributed by atoms with Crippen LogP contribution in [0.1, 0.15) is 34.5 Å². The molecular formula is C17H19NO4. The number of pyridine rings is 1. The Morgan fingerprint density at radius 3 is 2.45 bits per heavy atom. The molecule has 0 saturated carbocycles. The van der Waals surface area contributed by atoms with Gasteiger partial charge in [-0.2, -0.15) is 0 Å². The van der Waals surface area contributed by atoms with E-state index in [0.29, 0.717) is 5.69 Å². The molecule has 1 heterocycles. The molecule has 5 nitrogen and oxygen atoms in total. The van der Waals surface area contributed by atoms with Crippen LogP contribution in [-0.2, 0) is 4.74 Å². The summed E-state index contributed by atoms with van der Waals surface area (Å²) in [5.41, 5.74) is 1.33. The van der Waals surface area contributed by atoms with Crippen molar-refractivity contribution in [3.63, 3.8) is 0 Å². The van der Waals surface area contributed by atoms with Gasteiger partial charge in [-0.25, -0.2) is 4.79 Å². The second-order valence-electron chi connectivity index (χ2n) is 5.16. The first-order chi connectivity index (χ1) is 10.5. The third-order valence-electron chi connectivity index (χ3n) is 3.42. The number of rotatable bonds is 5. The topological polar surface area (TPSA) is 68.4 Å². The van der Waals surface area contributed by atoms with E-state index in [9.17, 15) is 9.59 Å². The van der Waals surface area contributed by atoms with Gasteiger partial charge in [-0.3, -0.25) is 4.79 Å². The maximum absolute atomic E-state index is 12.0. The van der Waals surface area contributed by atoms with E-state index in [1.807, 2.05) is 31.2 Å². The van der Waals surface area contributed by atoms with Crippen molar-refractivity contribution in [3.05, 3.63) is 63.6 Å². The molecule has 0 spiro atoms. The number of carbonyl (C=O) groups is 1. The predicted molar refractivity (Wildman–Crippen MR) is 83.5 cm³/mol. The maximum atomic E-state index is 12.0. The SMILES string of the molecule is COc1ccc([C@H](C)COC(=O)c2ccc(C)[nH]c2=O)cc1. The van der Waals surface area contributed by atoms with Gasteiger partial charge in [-0.1, -0.05) is 19.1 Å². The van der Waals surface area contributed by atoms with Crippen molar-refractivity contribution < 1.29 is 14.3 Å². The first kappa shape index (κ1) is 15.8. The predicted octanol–water partition coefficient (Wildman–Crippen LogP) is 2.65. The zero-order valence-corrected chi connectivity index (χ0v) is 12.9. The number of nitrogens with one attached hydrogen (secondary N) is 1. The second kappa shape index (κ2) is 6.93. The van der Waals surface area contributed by atoms with Crippen LogP contribution < -0.4 is 10.3 Å². The number of methoxy groups -OCH3 is 1. The number of benzene rings is 1. The van der Waals surface area contributed by atoms with Crippen LogP contribution in [0.2, 0.25) is 0 Å². The van der Waals surface area contributed by atoms with Crippen molar-refractivity contribution >= 4 is 5.97 Å². The van der Waals surface area contributed by atoms with Gasteiger partial charge in [0.05, 0.1) is 13.7 Å². The Morgan fingerprint density at radius 2 is 1.86 bits per heavy atom. The fourth-order valence-corrected chi connectivity index (χ4v) is 2.04. The van der Waals surface area contributed by atoms with Gasteiger partial charge in [0.15, 0.2) is 0 Å². The summed E-state index contributed by atoms with van der Waals surface area (Å²) in [6.07, 6.45) is 0. The van der Waals surface area contributed by atoms with Crippen LogP contribution in [0.4, 0.5) is 0 Å². The smallest absolute Gasteiger partial charge is 0.343 e. The summed E-state index contributed by atoms with van der Waals surface area (Å²) in [4.78, 5) is 26.2. The van der Waals surface area contributed by atoms with Crippen molar-refractivity contribution in [1.29, 1.82) is 0 Å². The van der Waals surface area contributed by atoms with Gasteiger partial charge in [0.1, 0.15) is 11.3 Å². The molecule has 0 aliphatic heterocycles. The number of hydrogen-bond acceptors (Lipinski definition) is 4. The molecule has 1 N–H and O–H groups in total. The van der Waals surface area contributed by atoms with E-state index in [1.165, 1.54) is 6.07 Å². The second-order valence-corrected chi connectivity index (χ2v) is 5.16. The first-order valence-electron chi connectivity index (χ1n) is 7.02. The van der Waals surface area contributed by atoms with E-state index in [4.69, 9.17) is 9.47 Å². The number of esters is 1. The molecule has 2 rings (SSSR count). The van der Waals surface area contributed by atoms with Crippen LogP contribution in [0.3, 0.4) is 0 Å². The monoisotopic (exact) mass is 301 g/mol. The number of aromatic nitrogens is 1. The summed E-state index contributed by atoms with van der Waals surface area (Å²) < 4.78 is 10.3. The fourth-order valence-electron chi connectivity index (χ4n) is 2.04. The number of carbonyl (C=O) groups excluding carboxylic acids is 1. The highest BCUT2D eigenvalue weighted by Gasteiger charge is 2.14. The molecule has 2 aromatic rings. The number of aromatic amines is 1. The van der Waals surface area contributed by atoms with E-state index in [2.05, 4.69) is 4.98 Å². The van der Waals surface area contributed by atoms with E-state index in [-0.39, 0.29) is 18.1 Å². The Morgan fingerprint density at radius 1 is 1.18 bits per heavy atom. The summed E-state index contributed by atoms with van der Waals surface area (Å²) in [6, 6.07) is 10.7. The van der Waals surface area contributed by atoms with Crippen LogP contribution in [0.25, 0.3) is 0 Å². The highest BCUT2D eigenvalue weighted by molar-refractivity contribution is 5.88. The van der Waals surface area contributed by atoms with Crippen LogP contribution in [0.15, 0.2) is 41.2 Å². The number of aryl methyl sites for hydroxylation is 1. The van der Waals surface area contributed by atoms with Gasteiger partial charge in [0.25, 0.3) is 5.56 Å². The van der Waals surface area contributed by atoms with Gasteiger partial charge in [0.2, 0.25) is 0 Å². The van der Waals surface area contributed by atoms with E-state index < -0.39 is 11.5 Å². The normalized spacial score (nSPS) is 11.8. The van der Waals surface area contributed by atoms with Crippen LogP contribution in [-0.4, -0.2) is 24.7 Å². The van der Waals surface area contributed by atoms with Gasteiger partial charge in [0, 0.05) is 11.6 Å². The standard InChI is InChI=1S/C17H19NO4/c1-11(13-5-7-14(21-3)8-6-13)10-22-17(20)15-9-4-12(2)18-16(15)19/h4-9,11H,10H2,1-3H3,(H,18,19)/t11-/m1/s1. The minimum Gasteiger partial charge on any atom is -0.497 e. The molecule has 116 valence electrons. The highest BCUT2D eigenvalue weighted by Crippen LogP contribution is 2.19. The maximum Gasteiger partial charge on any atom is 0.343 e. The quantitative estimate of drug-likeness (QED) is 0.862. The minimum absolute atomic E-state index is 0.0209. The van der Waals surface area contributed by atoms with Crippen molar-refractivity contribution in [3.8, 4) is 5.75 Å². The van der Waals surface area contributed by atoms with E-state index >= 15 is 0 Å². The van der Waals surface area contributed by atoms with Crippen LogP contribution >= 0.6 is 0 Å². The van der Waals surface area contributed by atoms with Crippen LogP contribution in [0, 0.1) is 6.92 Å². The lowest BCUT2D eigenvalue weighted by Gasteiger charge is -2.13. The van der Waals surface area contributed by atoms with Crippen molar-refractivity contribution in [2.45, 2.75) is 19.8 Å². The molecule has 0 unspecified atom stereocenters. The summed E-state index contributed by atoms with van der Waals surface area (Å²) >= 11 is 0. The molecule has 22 heavy (non-hydrogen) atoms. The first-order valence-corrected chi connectivity index (χ1v) is 7.02. The lowest BCUT2D eigenvalue weighted by molar-refractivity contribution is 0.0483. The molecule has 0 aliphatic rings. The third-order valence-corrected chi connectivity index (χ3v) is 3.42. The molecular weight excluding hydrogens is 282 g/mol. The van der Waals surface area contributed by atoms with Gasteiger partial charge >= 0.3 is 5.97 Å². The molecule has 0 amide bonds. The average Bonchev–Trinajstić information content (AvgIpc) is 2.52. The van der Waals surface area contributed by atoms with Gasteiger partial charge in [-0.15, -0.1) is 0 Å². The van der Waals surface area contributed by atoms with Gasteiger partial charge in [-0.05, 0) is 36.8 Å².